The number of fused-ring (bicyclic) bond motifs is 1. The van der Waals surface area contributed by atoms with E-state index in [1.165, 1.54) is 0 Å². The zero-order valence-electron chi connectivity index (χ0n) is 14.2. The second-order valence-electron chi connectivity index (χ2n) is 7.55. The highest BCUT2D eigenvalue weighted by Crippen LogP contribution is 2.40. The van der Waals surface area contributed by atoms with Gasteiger partial charge in [-0.25, -0.2) is 9.67 Å². The molecule has 4 rings (SSSR count). The number of nitrogens with one attached hydrogen (secondary N) is 1. The Labute approximate surface area is 141 Å². The van der Waals surface area contributed by atoms with E-state index >= 15 is 0 Å². The molecule has 2 aliphatic carbocycles. The molecule has 0 radical (unpaired) electrons. The Bertz CT molecular complexity index is 788. The first-order valence-corrected chi connectivity index (χ1v) is 8.86. The lowest BCUT2D eigenvalue weighted by molar-refractivity contribution is -0.0300. The molecule has 24 heavy (non-hydrogen) atoms. The minimum absolute atomic E-state index is 0.145. The van der Waals surface area contributed by atoms with Gasteiger partial charge in [0, 0.05) is 24.2 Å². The van der Waals surface area contributed by atoms with Crippen molar-refractivity contribution in [1.82, 2.24) is 20.1 Å². The number of hydrogen-bond acceptors (Lipinski definition) is 4. The molecule has 128 valence electrons. The van der Waals surface area contributed by atoms with Crippen LogP contribution in [0.25, 0.3) is 11.0 Å². The molecule has 2 saturated carbocycles. The summed E-state index contributed by atoms with van der Waals surface area (Å²) in [5.74, 6) is 0.320. The summed E-state index contributed by atoms with van der Waals surface area (Å²) in [5, 5.41) is 18.3. The average Bonchev–Trinajstić information content (AvgIpc) is 3.28. The average molecular weight is 328 g/mol. The Morgan fingerprint density at radius 1 is 1.46 bits per heavy atom. The minimum Gasteiger partial charge on any atom is -0.388 e. The van der Waals surface area contributed by atoms with Crippen LogP contribution in [0.3, 0.4) is 0 Å². The molecule has 2 aromatic rings. The summed E-state index contributed by atoms with van der Waals surface area (Å²) >= 11 is 0. The molecule has 6 nitrogen and oxygen atoms in total. The Balaban J connectivity index is 1.68. The number of carbonyl (C=O) groups excluding carboxylic acids is 1. The number of nitrogens with zero attached hydrogens (tertiary/aromatic N) is 3. The molecule has 2 N–H and O–H groups in total. The molecule has 2 aliphatic rings. The summed E-state index contributed by atoms with van der Waals surface area (Å²) in [6.45, 7) is 4.43. The van der Waals surface area contributed by atoms with Gasteiger partial charge in [0.2, 0.25) is 0 Å². The smallest absolute Gasteiger partial charge is 0.252 e. The van der Waals surface area contributed by atoms with E-state index < -0.39 is 5.60 Å². The van der Waals surface area contributed by atoms with E-state index in [0.717, 1.165) is 48.8 Å². The van der Waals surface area contributed by atoms with Gasteiger partial charge in [-0.1, -0.05) is 0 Å². The third-order valence-electron chi connectivity index (χ3n) is 5.18. The van der Waals surface area contributed by atoms with Crippen molar-refractivity contribution < 1.29 is 9.90 Å². The van der Waals surface area contributed by atoms with Crippen LogP contribution in [0.5, 0.6) is 0 Å². The molecule has 1 amide bonds. The number of rotatable bonds is 5. The molecular formula is C18H24N4O2. The van der Waals surface area contributed by atoms with Crippen molar-refractivity contribution >= 4 is 16.9 Å². The van der Waals surface area contributed by atoms with Crippen molar-refractivity contribution in [1.29, 1.82) is 0 Å². The van der Waals surface area contributed by atoms with Gasteiger partial charge in [-0.05, 0) is 52.0 Å². The summed E-state index contributed by atoms with van der Waals surface area (Å²) in [6, 6.07) is 2.10. The molecule has 0 unspecified atom stereocenters. The lowest BCUT2D eigenvalue weighted by Crippen LogP contribution is -2.47. The third-order valence-corrected chi connectivity index (χ3v) is 5.18. The van der Waals surface area contributed by atoms with Crippen LogP contribution >= 0.6 is 0 Å². The highest BCUT2D eigenvalue weighted by Gasteiger charge is 2.35. The van der Waals surface area contributed by atoms with E-state index in [2.05, 4.69) is 24.3 Å². The van der Waals surface area contributed by atoms with Crippen LogP contribution < -0.4 is 5.32 Å². The largest absolute Gasteiger partial charge is 0.388 e. The first-order valence-electron chi connectivity index (χ1n) is 8.86. The summed E-state index contributed by atoms with van der Waals surface area (Å²) in [6.07, 6.45) is 6.55. The van der Waals surface area contributed by atoms with E-state index in [4.69, 9.17) is 4.98 Å². The Kier molecular flexibility index (Phi) is 3.60. The number of hydrogen-bond donors (Lipinski definition) is 2. The van der Waals surface area contributed by atoms with Crippen LogP contribution in [-0.2, 0) is 0 Å². The van der Waals surface area contributed by atoms with Gasteiger partial charge in [0.05, 0.1) is 22.7 Å². The maximum atomic E-state index is 12.7. The van der Waals surface area contributed by atoms with Gasteiger partial charge in [-0.2, -0.15) is 5.10 Å². The Morgan fingerprint density at radius 2 is 2.21 bits per heavy atom. The van der Waals surface area contributed by atoms with Crippen molar-refractivity contribution in [3.63, 3.8) is 0 Å². The van der Waals surface area contributed by atoms with Crippen molar-refractivity contribution in [2.75, 3.05) is 6.54 Å². The maximum Gasteiger partial charge on any atom is 0.252 e. The molecule has 0 saturated heterocycles. The molecular weight excluding hydrogens is 304 g/mol. The van der Waals surface area contributed by atoms with Gasteiger partial charge in [0.25, 0.3) is 5.91 Å². The van der Waals surface area contributed by atoms with Crippen molar-refractivity contribution in [2.45, 2.75) is 63.5 Å². The quantitative estimate of drug-likeness (QED) is 0.884. The molecule has 0 bridgehead atoms. The van der Waals surface area contributed by atoms with Crippen LogP contribution in [0.15, 0.2) is 12.3 Å². The molecule has 2 fully saturated rings. The fourth-order valence-electron chi connectivity index (χ4n) is 3.29. The summed E-state index contributed by atoms with van der Waals surface area (Å²) in [7, 11) is 0. The van der Waals surface area contributed by atoms with Gasteiger partial charge >= 0.3 is 0 Å². The first-order chi connectivity index (χ1) is 11.5. The second-order valence-corrected chi connectivity index (χ2v) is 7.55. The zero-order valence-corrected chi connectivity index (χ0v) is 14.2. The number of pyridine rings is 1. The summed E-state index contributed by atoms with van der Waals surface area (Å²) in [4.78, 5) is 17.5. The second kappa shape index (κ2) is 5.55. The van der Waals surface area contributed by atoms with Gasteiger partial charge < -0.3 is 10.4 Å². The van der Waals surface area contributed by atoms with E-state index in [1.807, 2.05) is 10.7 Å². The number of aromatic nitrogens is 3. The number of carbonyl (C=O) groups is 1. The molecule has 2 aromatic heterocycles. The van der Waals surface area contributed by atoms with Gasteiger partial charge in [0.15, 0.2) is 5.65 Å². The first kappa shape index (κ1) is 15.6. The highest BCUT2D eigenvalue weighted by atomic mass is 16.3. The normalized spacial score (nSPS) is 19.5. The number of amides is 1. The lowest BCUT2D eigenvalue weighted by Gasteiger charge is -2.36. The SMILES string of the molecule is CC(C)n1ncc2c(C(=O)NCC3(O)CCC3)cc(C3CC3)nc21. The van der Waals surface area contributed by atoms with Crippen LogP contribution in [0.2, 0.25) is 0 Å². The maximum absolute atomic E-state index is 12.7. The van der Waals surface area contributed by atoms with E-state index in [-0.39, 0.29) is 11.9 Å². The molecule has 2 heterocycles. The van der Waals surface area contributed by atoms with Crippen LogP contribution in [-0.4, -0.2) is 37.9 Å². The van der Waals surface area contributed by atoms with Crippen molar-refractivity contribution in [3.8, 4) is 0 Å². The monoisotopic (exact) mass is 328 g/mol. The minimum atomic E-state index is -0.719. The predicted octanol–water partition coefficient (Wildman–Crippen LogP) is 2.53. The van der Waals surface area contributed by atoms with E-state index in [9.17, 15) is 9.90 Å². The van der Waals surface area contributed by atoms with E-state index in [1.54, 1.807) is 6.20 Å². The van der Waals surface area contributed by atoms with Crippen LogP contribution in [0.4, 0.5) is 0 Å². The zero-order chi connectivity index (χ0) is 16.9. The topological polar surface area (TPSA) is 80.0 Å². The van der Waals surface area contributed by atoms with Gasteiger partial charge in [0.1, 0.15) is 0 Å². The Morgan fingerprint density at radius 3 is 2.79 bits per heavy atom. The summed E-state index contributed by atoms with van der Waals surface area (Å²) < 4.78 is 1.87. The van der Waals surface area contributed by atoms with Crippen molar-refractivity contribution in [2.24, 2.45) is 0 Å². The fraction of sp³-hybridized carbons (Fsp3) is 0.611. The van der Waals surface area contributed by atoms with Gasteiger partial charge in [-0.15, -0.1) is 0 Å². The van der Waals surface area contributed by atoms with Crippen LogP contribution in [0, 0.1) is 0 Å². The lowest BCUT2D eigenvalue weighted by atomic mass is 9.80. The standard InChI is InChI=1S/C18H24N4O2/c1-11(2)22-16-14(9-20-22)13(8-15(21-16)12-4-5-12)17(23)19-10-18(24)6-3-7-18/h8-9,11-12,24H,3-7,10H2,1-2H3,(H,19,23). The van der Waals surface area contributed by atoms with Gasteiger partial charge in [-0.3, -0.25) is 4.79 Å². The third kappa shape index (κ3) is 2.69. The molecule has 0 spiro atoms. The molecule has 0 aromatic carbocycles. The van der Waals surface area contributed by atoms with Crippen LogP contribution in [0.1, 0.15) is 74.0 Å². The molecule has 0 atom stereocenters. The molecule has 6 heteroatoms. The van der Waals surface area contributed by atoms with Crippen molar-refractivity contribution in [3.05, 3.63) is 23.5 Å². The van der Waals surface area contributed by atoms with E-state index in [0.29, 0.717) is 18.0 Å². The predicted molar refractivity (Wildman–Crippen MR) is 91.0 cm³/mol. The fourth-order valence-corrected chi connectivity index (χ4v) is 3.29. The number of aliphatic hydroxyl groups is 1. The Hall–Kier alpha value is -1.95. The highest BCUT2D eigenvalue weighted by molar-refractivity contribution is 6.05. The molecule has 0 aliphatic heterocycles. The summed E-state index contributed by atoms with van der Waals surface area (Å²) in [5.41, 5.74) is 1.67.